The molecule has 0 aliphatic rings. The summed E-state index contributed by atoms with van der Waals surface area (Å²) in [5.74, 6) is 0. The molecule has 0 bridgehead atoms. The van der Waals surface area contributed by atoms with Gasteiger partial charge in [0.05, 0.1) is 0 Å². The van der Waals surface area contributed by atoms with Crippen molar-refractivity contribution >= 4 is 21.5 Å². The van der Waals surface area contributed by atoms with Crippen molar-refractivity contribution in [1.82, 2.24) is 0 Å². The van der Waals surface area contributed by atoms with Crippen LogP contribution in [0.5, 0.6) is 0 Å². The van der Waals surface area contributed by atoms with Gasteiger partial charge in [0.1, 0.15) is 0 Å². The summed E-state index contributed by atoms with van der Waals surface area (Å²) in [5.41, 5.74) is 14.8. The molecule has 9 rings (SSSR count). The van der Waals surface area contributed by atoms with Crippen LogP contribution in [0.1, 0.15) is 0 Å². The molecular formula is C50H34. The summed E-state index contributed by atoms with van der Waals surface area (Å²) in [4.78, 5) is 0. The molecule has 0 saturated carbocycles. The summed E-state index contributed by atoms with van der Waals surface area (Å²) in [7, 11) is 0. The smallest absolute Gasteiger partial charge is 0.00264 e. The van der Waals surface area contributed by atoms with Crippen LogP contribution in [0.3, 0.4) is 0 Å². The zero-order chi connectivity index (χ0) is 33.3. The maximum atomic E-state index is 2.29. The Morgan fingerprint density at radius 3 is 0.760 bits per heavy atom. The van der Waals surface area contributed by atoms with Gasteiger partial charge in [-0.1, -0.05) is 200 Å². The molecule has 0 heterocycles. The monoisotopic (exact) mass is 634 g/mol. The third-order valence-electron chi connectivity index (χ3n) is 9.91. The minimum absolute atomic E-state index is 1.21. The second kappa shape index (κ2) is 12.8. The van der Waals surface area contributed by atoms with Crippen molar-refractivity contribution in [3.05, 3.63) is 206 Å². The Labute approximate surface area is 293 Å². The van der Waals surface area contributed by atoms with Crippen LogP contribution in [-0.4, -0.2) is 0 Å². The molecule has 0 unspecified atom stereocenters. The average Bonchev–Trinajstić information content (AvgIpc) is 3.21. The molecule has 234 valence electrons. The SMILES string of the molecule is c1ccc(-c2ccc(-c3ccc(-c4c5ccccc5c(-c5ccc(-c6cccc(-c7ccccc7)c6)cc5)c5ccccc45)cc3)cc2)cc1. The van der Waals surface area contributed by atoms with Crippen molar-refractivity contribution in [3.63, 3.8) is 0 Å². The summed E-state index contributed by atoms with van der Waals surface area (Å²) in [6.45, 7) is 0. The molecule has 0 aliphatic carbocycles. The topological polar surface area (TPSA) is 0 Å². The Bertz CT molecular complexity index is 2520. The van der Waals surface area contributed by atoms with Gasteiger partial charge >= 0.3 is 0 Å². The van der Waals surface area contributed by atoms with Crippen LogP contribution < -0.4 is 0 Å². The van der Waals surface area contributed by atoms with E-state index in [9.17, 15) is 0 Å². The van der Waals surface area contributed by atoms with Gasteiger partial charge in [-0.05, 0) is 94.4 Å². The Hall–Kier alpha value is -6.50. The third-order valence-corrected chi connectivity index (χ3v) is 9.91. The Kier molecular flexibility index (Phi) is 7.61. The molecule has 0 fully saturated rings. The summed E-state index contributed by atoms with van der Waals surface area (Å²) in [6.07, 6.45) is 0. The highest BCUT2D eigenvalue weighted by Gasteiger charge is 2.17. The maximum absolute atomic E-state index is 2.29. The molecule has 50 heavy (non-hydrogen) atoms. The van der Waals surface area contributed by atoms with E-state index < -0.39 is 0 Å². The van der Waals surface area contributed by atoms with E-state index in [0.717, 1.165) is 0 Å². The second-order valence-corrected chi connectivity index (χ2v) is 12.9. The maximum Gasteiger partial charge on any atom is -0.00264 e. The minimum atomic E-state index is 1.21. The van der Waals surface area contributed by atoms with Crippen LogP contribution >= 0.6 is 0 Å². The molecule has 0 aromatic heterocycles. The van der Waals surface area contributed by atoms with Gasteiger partial charge in [0.2, 0.25) is 0 Å². The number of fused-ring (bicyclic) bond motifs is 2. The minimum Gasteiger partial charge on any atom is -0.0622 e. The van der Waals surface area contributed by atoms with E-state index in [2.05, 4.69) is 206 Å². The fourth-order valence-corrected chi connectivity index (χ4v) is 7.40. The van der Waals surface area contributed by atoms with Crippen LogP contribution in [0.25, 0.3) is 88.3 Å². The lowest BCUT2D eigenvalue weighted by Crippen LogP contribution is -1.91. The Morgan fingerprint density at radius 2 is 0.400 bits per heavy atom. The van der Waals surface area contributed by atoms with Crippen molar-refractivity contribution in [2.24, 2.45) is 0 Å². The zero-order valence-corrected chi connectivity index (χ0v) is 27.6. The highest BCUT2D eigenvalue weighted by atomic mass is 14.2. The van der Waals surface area contributed by atoms with Gasteiger partial charge in [-0.3, -0.25) is 0 Å². The van der Waals surface area contributed by atoms with E-state index in [1.165, 1.54) is 88.3 Å². The van der Waals surface area contributed by atoms with Gasteiger partial charge < -0.3 is 0 Å². The van der Waals surface area contributed by atoms with Gasteiger partial charge in [0.15, 0.2) is 0 Å². The highest BCUT2D eigenvalue weighted by molar-refractivity contribution is 6.21. The van der Waals surface area contributed by atoms with E-state index in [4.69, 9.17) is 0 Å². The molecule has 0 nitrogen and oxygen atoms in total. The van der Waals surface area contributed by atoms with E-state index >= 15 is 0 Å². The number of rotatable bonds is 6. The fourth-order valence-electron chi connectivity index (χ4n) is 7.40. The normalized spacial score (nSPS) is 11.2. The van der Waals surface area contributed by atoms with Crippen molar-refractivity contribution < 1.29 is 0 Å². The molecule has 0 aliphatic heterocycles. The van der Waals surface area contributed by atoms with Crippen LogP contribution in [0.4, 0.5) is 0 Å². The fraction of sp³-hybridized carbons (Fsp3) is 0. The van der Waals surface area contributed by atoms with Gasteiger partial charge in [-0.25, -0.2) is 0 Å². The highest BCUT2D eigenvalue weighted by Crippen LogP contribution is 2.44. The molecule has 0 spiro atoms. The molecule has 9 aromatic carbocycles. The Balaban J connectivity index is 1.10. The first-order valence-corrected chi connectivity index (χ1v) is 17.3. The summed E-state index contributed by atoms with van der Waals surface area (Å²) < 4.78 is 0. The molecule has 0 atom stereocenters. The van der Waals surface area contributed by atoms with E-state index in [0.29, 0.717) is 0 Å². The molecular weight excluding hydrogens is 601 g/mol. The van der Waals surface area contributed by atoms with Gasteiger partial charge in [0.25, 0.3) is 0 Å². The number of benzene rings is 9. The number of hydrogen-bond acceptors (Lipinski definition) is 0. The summed E-state index contributed by atoms with van der Waals surface area (Å²) in [6, 6.07) is 74.8. The molecule has 0 N–H and O–H groups in total. The first-order chi connectivity index (χ1) is 24.8. The van der Waals surface area contributed by atoms with Crippen LogP contribution in [0.2, 0.25) is 0 Å². The summed E-state index contributed by atoms with van der Waals surface area (Å²) in [5, 5.41) is 5.06. The molecule has 0 saturated heterocycles. The van der Waals surface area contributed by atoms with E-state index in [1.54, 1.807) is 0 Å². The first kappa shape index (κ1) is 29.6. The van der Waals surface area contributed by atoms with Gasteiger partial charge in [-0.2, -0.15) is 0 Å². The third kappa shape index (κ3) is 5.48. The number of hydrogen-bond donors (Lipinski definition) is 0. The zero-order valence-electron chi connectivity index (χ0n) is 27.6. The van der Waals surface area contributed by atoms with Crippen LogP contribution in [-0.2, 0) is 0 Å². The molecule has 0 radical (unpaired) electrons. The van der Waals surface area contributed by atoms with Gasteiger partial charge in [-0.15, -0.1) is 0 Å². The average molecular weight is 635 g/mol. The van der Waals surface area contributed by atoms with Crippen molar-refractivity contribution in [2.45, 2.75) is 0 Å². The lowest BCUT2D eigenvalue weighted by atomic mass is 9.85. The van der Waals surface area contributed by atoms with Gasteiger partial charge in [0, 0.05) is 0 Å². The standard InChI is InChI=1S/C50H34/c1-3-12-35(13-4-1)37-22-24-38(25-23-37)39-26-30-41(31-27-39)49-45-18-7-9-20-47(45)50(48-21-10-8-19-46(48)49)42-32-28-40(29-33-42)44-17-11-16-43(34-44)36-14-5-2-6-15-36/h1-34H. The summed E-state index contributed by atoms with van der Waals surface area (Å²) >= 11 is 0. The lowest BCUT2D eigenvalue weighted by molar-refractivity contribution is 1.58. The largest absolute Gasteiger partial charge is 0.0622 e. The second-order valence-electron chi connectivity index (χ2n) is 12.9. The predicted molar refractivity (Wildman–Crippen MR) is 214 cm³/mol. The first-order valence-electron chi connectivity index (χ1n) is 17.3. The van der Waals surface area contributed by atoms with Crippen molar-refractivity contribution in [2.75, 3.05) is 0 Å². The lowest BCUT2D eigenvalue weighted by Gasteiger charge is -2.18. The molecule has 0 amide bonds. The van der Waals surface area contributed by atoms with Crippen LogP contribution in [0.15, 0.2) is 206 Å². The van der Waals surface area contributed by atoms with Crippen molar-refractivity contribution in [3.8, 4) is 66.8 Å². The molecule has 0 heteroatoms. The van der Waals surface area contributed by atoms with E-state index in [-0.39, 0.29) is 0 Å². The Morgan fingerprint density at radius 1 is 0.160 bits per heavy atom. The predicted octanol–water partition coefficient (Wildman–Crippen LogP) is 14.0. The van der Waals surface area contributed by atoms with E-state index in [1.807, 2.05) is 0 Å². The molecule has 9 aromatic rings. The van der Waals surface area contributed by atoms with Crippen molar-refractivity contribution in [1.29, 1.82) is 0 Å². The quantitative estimate of drug-likeness (QED) is 0.160. The van der Waals surface area contributed by atoms with Crippen LogP contribution in [0, 0.1) is 0 Å².